The fourth-order valence-corrected chi connectivity index (χ4v) is 4.07. The summed E-state index contributed by atoms with van der Waals surface area (Å²) >= 11 is 0. The minimum Gasteiger partial charge on any atom is -0.497 e. The number of anilines is 1. The number of carbonyl (C=O) groups is 1. The largest absolute Gasteiger partial charge is 0.497 e. The zero-order chi connectivity index (χ0) is 22.2. The van der Waals surface area contributed by atoms with Crippen molar-refractivity contribution in [2.45, 2.75) is 6.42 Å². The maximum atomic E-state index is 12.2. The van der Waals surface area contributed by atoms with Gasteiger partial charge in [0.2, 0.25) is 0 Å². The number of ether oxygens (including phenoxy) is 2. The molecule has 0 bridgehead atoms. The SMILES string of the molecule is COc1ccc(N2CCN(CCCNC(=O)COc3cccc4ccccc34)CC2)cc1. The Morgan fingerprint density at radius 2 is 1.69 bits per heavy atom. The lowest BCUT2D eigenvalue weighted by Gasteiger charge is -2.36. The van der Waals surface area contributed by atoms with E-state index >= 15 is 0 Å². The van der Waals surface area contributed by atoms with Crippen molar-refractivity contribution in [3.05, 3.63) is 66.7 Å². The van der Waals surface area contributed by atoms with Crippen molar-refractivity contribution in [3.8, 4) is 11.5 Å². The maximum Gasteiger partial charge on any atom is 0.257 e. The highest BCUT2D eigenvalue weighted by Crippen LogP contribution is 2.25. The first-order valence-electron chi connectivity index (χ1n) is 11.2. The van der Waals surface area contributed by atoms with Crippen LogP contribution in [-0.2, 0) is 4.79 Å². The number of hydrogen-bond donors (Lipinski definition) is 1. The van der Waals surface area contributed by atoms with E-state index in [1.165, 1.54) is 5.69 Å². The lowest BCUT2D eigenvalue weighted by atomic mass is 10.1. The van der Waals surface area contributed by atoms with Crippen LogP contribution in [0.3, 0.4) is 0 Å². The Morgan fingerprint density at radius 1 is 0.938 bits per heavy atom. The first-order chi connectivity index (χ1) is 15.7. The van der Waals surface area contributed by atoms with Crippen LogP contribution in [0, 0.1) is 0 Å². The molecule has 32 heavy (non-hydrogen) atoms. The molecule has 6 heteroatoms. The minimum atomic E-state index is -0.0812. The molecule has 0 atom stereocenters. The molecule has 1 saturated heterocycles. The van der Waals surface area contributed by atoms with E-state index in [9.17, 15) is 4.79 Å². The molecular weight excluding hydrogens is 402 g/mol. The van der Waals surface area contributed by atoms with Crippen LogP contribution >= 0.6 is 0 Å². The molecule has 0 aromatic heterocycles. The number of methoxy groups -OCH3 is 1. The molecule has 0 unspecified atom stereocenters. The van der Waals surface area contributed by atoms with Crippen LogP contribution in [-0.4, -0.2) is 63.8 Å². The molecule has 3 aromatic rings. The standard InChI is InChI=1S/C26H31N3O3/c1-31-23-12-10-22(11-13-23)29-18-16-28(17-19-29)15-5-14-27-26(30)20-32-25-9-4-7-21-6-2-3-8-24(21)25/h2-4,6-13H,5,14-20H2,1H3,(H,27,30). The van der Waals surface area contributed by atoms with Crippen molar-refractivity contribution < 1.29 is 14.3 Å². The monoisotopic (exact) mass is 433 g/mol. The van der Waals surface area contributed by atoms with Gasteiger partial charge in [-0.15, -0.1) is 0 Å². The average molecular weight is 434 g/mol. The summed E-state index contributed by atoms with van der Waals surface area (Å²) in [6, 6.07) is 22.2. The summed E-state index contributed by atoms with van der Waals surface area (Å²) in [5.74, 6) is 1.55. The summed E-state index contributed by atoms with van der Waals surface area (Å²) in [4.78, 5) is 17.0. The van der Waals surface area contributed by atoms with Gasteiger partial charge in [-0.2, -0.15) is 0 Å². The summed E-state index contributed by atoms with van der Waals surface area (Å²) in [6.45, 7) is 5.77. The predicted molar refractivity (Wildman–Crippen MR) is 129 cm³/mol. The van der Waals surface area contributed by atoms with Crippen molar-refractivity contribution >= 4 is 22.4 Å². The average Bonchev–Trinajstić information content (AvgIpc) is 2.86. The normalized spacial score (nSPS) is 14.3. The van der Waals surface area contributed by atoms with Crippen molar-refractivity contribution in [1.82, 2.24) is 10.2 Å². The first-order valence-corrected chi connectivity index (χ1v) is 11.2. The van der Waals surface area contributed by atoms with Gasteiger partial charge in [0.1, 0.15) is 11.5 Å². The fraction of sp³-hybridized carbons (Fsp3) is 0.346. The van der Waals surface area contributed by atoms with Gasteiger partial charge >= 0.3 is 0 Å². The highest BCUT2D eigenvalue weighted by Gasteiger charge is 2.17. The predicted octanol–water partition coefficient (Wildman–Crippen LogP) is 3.56. The van der Waals surface area contributed by atoms with Gasteiger partial charge in [-0.05, 0) is 48.7 Å². The van der Waals surface area contributed by atoms with Crippen molar-refractivity contribution in [1.29, 1.82) is 0 Å². The Labute approximate surface area is 189 Å². The fourth-order valence-electron chi connectivity index (χ4n) is 4.07. The van der Waals surface area contributed by atoms with Crippen LogP contribution in [0.5, 0.6) is 11.5 Å². The number of amides is 1. The molecule has 168 valence electrons. The number of rotatable bonds is 9. The van der Waals surface area contributed by atoms with Crippen LogP contribution < -0.4 is 19.7 Å². The number of nitrogens with zero attached hydrogens (tertiary/aromatic N) is 2. The summed E-state index contributed by atoms with van der Waals surface area (Å²) in [5.41, 5.74) is 1.24. The minimum absolute atomic E-state index is 0.0363. The van der Waals surface area contributed by atoms with Crippen LogP contribution in [0.4, 0.5) is 5.69 Å². The van der Waals surface area contributed by atoms with Crippen molar-refractivity contribution in [2.75, 3.05) is 57.9 Å². The van der Waals surface area contributed by atoms with Gasteiger partial charge < -0.3 is 19.7 Å². The van der Waals surface area contributed by atoms with E-state index in [4.69, 9.17) is 9.47 Å². The lowest BCUT2D eigenvalue weighted by molar-refractivity contribution is -0.123. The molecule has 0 radical (unpaired) electrons. The van der Waals surface area contributed by atoms with E-state index in [0.29, 0.717) is 6.54 Å². The van der Waals surface area contributed by atoms with Gasteiger partial charge in [0.05, 0.1) is 7.11 Å². The molecule has 3 aromatic carbocycles. The number of hydrogen-bond acceptors (Lipinski definition) is 5. The van der Waals surface area contributed by atoms with Crippen LogP contribution in [0.1, 0.15) is 6.42 Å². The van der Waals surface area contributed by atoms with E-state index in [2.05, 4.69) is 27.2 Å². The Hall–Kier alpha value is -3.25. The zero-order valence-corrected chi connectivity index (χ0v) is 18.6. The molecule has 0 aliphatic carbocycles. The first kappa shape index (κ1) is 22.0. The van der Waals surface area contributed by atoms with Gasteiger partial charge in [-0.3, -0.25) is 9.69 Å². The van der Waals surface area contributed by atoms with Crippen molar-refractivity contribution in [2.24, 2.45) is 0 Å². The number of nitrogens with one attached hydrogen (secondary N) is 1. The number of benzene rings is 3. The highest BCUT2D eigenvalue weighted by atomic mass is 16.5. The van der Waals surface area contributed by atoms with Crippen LogP contribution in [0.2, 0.25) is 0 Å². The molecular formula is C26H31N3O3. The Balaban J connectivity index is 1.12. The zero-order valence-electron chi connectivity index (χ0n) is 18.6. The van der Waals surface area contributed by atoms with E-state index in [-0.39, 0.29) is 12.5 Å². The molecule has 1 aliphatic heterocycles. The third-order valence-corrected chi connectivity index (χ3v) is 5.89. The summed E-state index contributed by atoms with van der Waals surface area (Å²) in [7, 11) is 1.69. The quantitative estimate of drug-likeness (QED) is 0.523. The smallest absolute Gasteiger partial charge is 0.257 e. The van der Waals surface area contributed by atoms with Gasteiger partial charge in [-0.1, -0.05) is 36.4 Å². The van der Waals surface area contributed by atoms with Gasteiger partial charge in [-0.25, -0.2) is 0 Å². The summed E-state index contributed by atoms with van der Waals surface area (Å²) in [6.07, 6.45) is 0.933. The lowest BCUT2D eigenvalue weighted by Crippen LogP contribution is -2.47. The van der Waals surface area contributed by atoms with Crippen LogP contribution in [0.25, 0.3) is 10.8 Å². The Kier molecular flexibility index (Phi) is 7.46. The van der Waals surface area contributed by atoms with Crippen LogP contribution in [0.15, 0.2) is 66.7 Å². The molecule has 1 heterocycles. The second kappa shape index (κ2) is 10.9. The molecule has 1 N–H and O–H groups in total. The third kappa shape index (κ3) is 5.71. The molecule has 4 rings (SSSR count). The molecule has 6 nitrogen and oxygen atoms in total. The maximum absolute atomic E-state index is 12.2. The van der Waals surface area contributed by atoms with E-state index in [1.54, 1.807) is 7.11 Å². The summed E-state index contributed by atoms with van der Waals surface area (Å²) < 4.78 is 11.0. The van der Waals surface area contributed by atoms with Crippen molar-refractivity contribution in [3.63, 3.8) is 0 Å². The number of carbonyl (C=O) groups excluding carboxylic acids is 1. The second-order valence-electron chi connectivity index (χ2n) is 8.00. The van der Waals surface area contributed by atoms with E-state index < -0.39 is 0 Å². The van der Waals surface area contributed by atoms with E-state index in [0.717, 1.165) is 61.4 Å². The summed E-state index contributed by atoms with van der Waals surface area (Å²) in [5, 5.41) is 5.11. The second-order valence-corrected chi connectivity index (χ2v) is 8.00. The molecule has 0 spiro atoms. The highest BCUT2D eigenvalue weighted by molar-refractivity contribution is 5.88. The number of piperazine rings is 1. The van der Waals surface area contributed by atoms with E-state index in [1.807, 2.05) is 54.6 Å². The van der Waals surface area contributed by atoms with Gasteiger partial charge in [0.15, 0.2) is 6.61 Å². The van der Waals surface area contributed by atoms with Gasteiger partial charge in [0, 0.05) is 43.8 Å². The Bertz CT molecular complexity index is 1010. The molecule has 0 saturated carbocycles. The van der Waals surface area contributed by atoms with Gasteiger partial charge in [0.25, 0.3) is 5.91 Å². The Morgan fingerprint density at radius 3 is 2.47 bits per heavy atom. The molecule has 1 amide bonds. The number of fused-ring (bicyclic) bond motifs is 1. The molecule has 1 fully saturated rings. The molecule has 1 aliphatic rings. The topological polar surface area (TPSA) is 54.0 Å². The third-order valence-electron chi connectivity index (χ3n) is 5.89.